The molecule has 1 aliphatic heterocycles. The van der Waals surface area contributed by atoms with E-state index in [0.717, 1.165) is 25.7 Å². The number of rotatable bonds is 2. The van der Waals surface area contributed by atoms with Crippen molar-refractivity contribution >= 4 is 5.97 Å². The highest BCUT2D eigenvalue weighted by atomic mass is 16.6. The third-order valence-electron chi connectivity index (χ3n) is 8.91. The van der Waals surface area contributed by atoms with E-state index >= 15 is 0 Å². The van der Waals surface area contributed by atoms with E-state index in [0.29, 0.717) is 12.8 Å². The molecule has 0 aromatic rings. The van der Waals surface area contributed by atoms with Crippen LogP contribution >= 0.6 is 0 Å². The van der Waals surface area contributed by atoms with Crippen molar-refractivity contribution in [1.29, 1.82) is 0 Å². The van der Waals surface area contributed by atoms with E-state index in [1.165, 1.54) is 7.11 Å². The van der Waals surface area contributed by atoms with Crippen LogP contribution in [0.25, 0.3) is 0 Å². The van der Waals surface area contributed by atoms with Crippen LogP contribution in [0.3, 0.4) is 0 Å². The zero-order valence-corrected chi connectivity index (χ0v) is 16.7. The number of esters is 1. The predicted octanol–water partition coefficient (Wildman–Crippen LogP) is 2.67. The lowest BCUT2D eigenvalue weighted by Crippen LogP contribution is -2.66. The number of hydrogen-bond donors (Lipinski definition) is 2. The fourth-order valence-electron chi connectivity index (χ4n) is 7.33. The molecular formula is C21H34O5. The van der Waals surface area contributed by atoms with Gasteiger partial charge in [-0.3, -0.25) is 4.79 Å². The van der Waals surface area contributed by atoms with Gasteiger partial charge in [-0.1, -0.05) is 27.2 Å². The predicted molar refractivity (Wildman–Crippen MR) is 96.3 cm³/mol. The van der Waals surface area contributed by atoms with Gasteiger partial charge in [-0.15, -0.1) is 0 Å². The molecule has 3 saturated carbocycles. The standard InChI is InChI=1S/C21H34O5/c1-12(2)20(24)10-7-13-18(3)8-6-9-19(4,17(23)25-5)14(18)11-15(22)21(13)16(20)26-21/h12-16,22,24H,6-11H2,1-5H3/t13-,14-,15-,16+,18-,19-,20-,21+/m1/s1. The second-order valence-corrected chi connectivity index (χ2v) is 10.2. The molecule has 4 rings (SSSR count). The lowest BCUT2D eigenvalue weighted by Gasteiger charge is -2.61. The van der Waals surface area contributed by atoms with Crippen LogP contribution in [-0.2, 0) is 14.3 Å². The summed E-state index contributed by atoms with van der Waals surface area (Å²) >= 11 is 0. The molecule has 4 fully saturated rings. The van der Waals surface area contributed by atoms with E-state index < -0.39 is 22.7 Å². The molecule has 0 bridgehead atoms. The molecule has 0 amide bonds. The van der Waals surface area contributed by atoms with Crippen molar-refractivity contribution in [3.8, 4) is 0 Å². The molecule has 2 N–H and O–H groups in total. The largest absolute Gasteiger partial charge is 0.469 e. The van der Waals surface area contributed by atoms with Gasteiger partial charge in [0.15, 0.2) is 0 Å². The summed E-state index contributed by atoms with van der Waals surface area (Å²) in [5.74, 6) is 0.200. The first-order valence-electron chi connectivity index (χ1n) is 10.2. The van der Waals surface area contributed by atoms with Crippen molar-refractivity contribution in [2.75, 3.05) is 7.11 Å². The summed E-state index contributed by atoms with van der Waals surface area (Å²) in [7, 11) is 1.46. The lowest BCUT2D eigenvalue weighted by molar-refractivity contribution is -0.192. The van der Waals surface area contributed by atoms with Gasteiger partial charge in [0, 0.05) is 0 Å². The molecular weight excluding hydrogens is 332 g/mol. The molecule has 5 heteroatoms. The van der Waals surface area contributed by atoms with Gasteiger partial charge < -0.3 is 19.7 Å². The van der Waals surface area contributed by atoms with Crippen LogP contribution < -0.4 is 0 Å². The minimum atomic E-state index is -0.860. The highest BCUT2D eigenvalue weighted by molar-refractivity contribution is 5.77. The molecule has 1 spiro atoms. The van der Waals surface area contributed by atoms with Crippen molar-refractivity contribution in [2.45, 2.75) is 89.6 Å². The van der Waals surface area contributed by atoms with Gasteiger partial charge in [0.05, 0.1) is 24.2 Å². The summed E-state index contributed by atoms with van der Waals surface area (Å²) in [5, 5.41) is 22.4. The van der Waals surface area contributed by atoms with Crippen molar-refractivity contribution in [3.05, 3.63) is 0 Å². The highest BCUT2D eigenvalue weighted by Gasteiger charge is 2.80. The van der Waals surface area contributed by atoms with E-state index in [4.69, 9.17) is 9.47 Å². The van der Waals surface area contributed by atoms with Crippen LogP contribution in [0.4, 0.5) is 0 Å². The van der Waals surface area contributed by atoms with E-state index in [9.17, 15) is 15.0 Å². The lowest BCUT2D eigenvalue weighted by atomic mass is 9.42. The molecule has 0 aromatic heterocycles. The van der Waals surface area contributed by atoms with Crippen LogP contribution in [0.5, 0.6) is 0 Å². The summed E-state index contributed by atoms with van der Waals surface area (Å²) in [5.41, 5.74) is -2.12. The quantitative estimate of drug-likeness (QED) is 0.580. The second kappa shape index (κ2) is 5.45. The van der Waals surface area contributed by atoms with Gasteiger partial charge in [0.2, 0.25) is 0 Å². The first-order chi connectivity index (χ1) is 12.1. The molecule has 4 aliphatic rings. The van der Waals surface area contributed by atoms with E-state index in [1.807, 2.05) is 20.8 Å². The van der Waals surface area contributed by atoms with Gasteiger partial charge in [-0.25, -0.2) is 0 Å². The van der Waals surface area contributed by atoms with Crippen molar-refractivity contribution < 1.29 is 24.5 Å². The zero-order chi connectivity index (χ0) is 19.1. The number of carbonyl (C=O) groups excluding carboxylic acids is 1. The fraction of sp³-hybridized carbons (Fsp3) is 0.952. The molecule has 5 nitrogen and oxygen atoms in total. The summed E-state index contributed by atoms with van der Waals surface area (Å²) in [6.45, 7) is 8.37. The Morgan fingerprint density at radius 3 is 2.50 bits per heavy atom. The summed E-state index contributed by atoms with van der Waals surface area (Å²) in [6.07, 6.45) is 4.00. The summed E-state index contributed by atoms with van der Waals surface area (Å²) in [6, 6.07) is 0. The number of aliphatic hydroxyl groups excluding tert-OH is 1. The van der Waals surface area contributed by atoms with Crippen LogP contribution in [0.2, 0.25) is 0 Å². The minimum absolute atomic E-state index is 0.0759. The third-order valence-corrected chi connectivity index (χ3v) is 8.91. The van der Waals surface area contributed by atoms with Crippen molar-refractivity contribution in [3.63, 3.8) is 0 Å². The van der Waals surface area contributed by atoms with E-state index in [1.54, 1.807) is 0 Å². The van der Waals surface area contributed by atoms with Crippen LogP contribution in [0, 0.1) is 28.6 Å². The van der Waals surface area contributed by atoms with Crippen LogP contribution in [-0.4, -0.2) is 46.7 Å². The monoisotopic (exact) mass is 366 g/mol. The van der Waals surface area contributed by atoms with E-state index in [-0.39, 0.29) is 35.2 Å². The Bertz CT molecular complexity index is 620. The smallest absolute Gasteiger partial charge is 0.311 e. The molecule has 1 saturated heterocycles. The summed E-state index contributed by atoms with van der Waals surface area (Å²) in [4.78, 5) is 12.7. The third kappa shape index (κ3) is 2.00. The van der Waals surface area contributed by atoms with E-state index in [2.05, 4.69) is 6.92 Å². The summed E-state index contributed by atoms with van der Waals surface area (Å²) < 4.78 is 11.4. The van der Waals surface area contributed by atoms with Gasteiger partial charge in [-0.05, 0) is 62.2 Å². The Labute approximate surface area is 156 Å². The molecule has 8 atom stereocenters. The van der Waals surface area contributed by atoms with Gasteiger partial charge in [0.1, 0.15) is 11.7 Å². The average molecular weight is 366 g/mol. The van der Waals surface area contributed by atoms with Gasteiger partial charge in [0.25, 0.3) is 0 Å². The molecule has 0 aromatic carbocycles. The number of carbonyl (C=O) groups is 1. The second-order valence-electron chi connectivity index (χ2n) is 10.2. The highest BCUT2D eigenvalue weighted by Crippen LogP contribution is 2.72. The van der Waals surface area contributed by atoms with Crippen molar-refractivity contribution in [1.82, 2.24) is 0 Å². The topological polar surface area (TPSA) is 79.3 Å². The Balaban J connectivity index is 1.73. The average Bonchev–Trinajstić information content (AvgIpc) is 3.34. The fourth-order valence-corrected chi connectivity index (χ4v) is 7.33. The number of aliphatic hydroxyl groups is 2. The van der Waals surface area contributed by atoms with Gasteiger partial charge in [-0.2, -0.15) is 0 Å². The number of ether oxygens (including phenoxy) is 2. The SMILES string of the molecule is COC(=O)[C@]1(C)CCC[C@]2(C)[C@H]3CC[C@@](O)(C(C)C)[C@@H]4O[C@]34[C@H](O)C[C@H]21. The number of hydrogen-bond acceptors (Lipinski definition) is 5. The Hall–Kier alpha value is -0.650. The van der Waals surface area contributed by atoms with Crippen molar-refractivity contribution in [2.24, 2.45) is 28.6 Å². The molecule has 3 aliphatic carbocycles. The number of methoxy groups -OCH3 is 1. The number of fused-ring (bicyclic) bond motifs is 2. The normalized spacial score (nSPS) is 55.5. The minimum Gasteiger partial charge on any atom is -0.469 e. The van der Waals surface area contributed by atoms with Gasteiger partial charge >= 0.3 is 5.97 Å². The molecule has 1 heterocycles. The first-order valence-corrected chi connectivity index (χ1v) is 10.2. The van der Waals surface area contributed by atoms with Crippen LogP contribution in [0.15, 0.2) is 0 Å². The molecule has 0 unspecified atom stereocenters. The number of epoxide rings is 1. The zero-order valence-electron chi connectivity index (χ0n) is 16.7. The maximum atomic E-state index is 12.7. The van der Waals surface area contributed by atoms with Crippen LogP contribution in [0.1, 0.15) is 66.2 Å². The molecule has 26 heavy (non-hydrogen) atoms. The molecule has 0 radical (unpaired) electrons. The Morgan fingerprint density at radius 1 is 1.19 bits per heavy atom. The molecule has 148 valence electrons. The Morgan fingerprint density at radius 2 is 1.88 bits per heavy atom. The first kappa shape index (κ1) is 18.7. The maximum absolute atomic E-state index is 12.7. The maximum Gasteiger partial charge on any atom is 0.311 e. The Kier molecular flexibility index (Phi) is 3.92.